The minimum atomic E-state index is -0.944. The van der Waals surface area contributed by atoms with Gasteiger partial charge in [0.25, 0.3) is 0 Å². The van der Waals surface area contributed by atoms with Crippen LogP contribution in [0.2, 0.25) is 0 Å². The van der Waals surface area contributed by atoms with Crippen LogP contribution in [0.5, 0.6) is 0 Å². The molecule has 0 saturated carbocycles. The molecule has 0 aliphatic heterocycles. The van der Waals surface area contributed by atoms with Crippen LogP contribution in [-0.4, -0.2) is 5.11 Å². The summed E-state index contributed by atoms with van der Waals surface area (Å²) in [6, 6.07) is 10.9. The summed E-state index contributed by atoms with van der Waals surface area (Å²) in [4.78, 5) is 0. The van der Waals surface area contributed by atoms with E-state index in [1.165, 1.54) is 6.07 Å². The fourth-order valence-corrected chi connectivity index (χ4v) is 1.98. The standard InChI is InChI=1S/C15H14F2O/c1-2-10-5-3-4-6-12(10)15(18)11-7-8-13(16)14(17)9-11/h3-9,15,18H,2H2,1H3. The molecular formula is C15H14F2O. The highest BCUT2D eigenvalue weighted by Gasteiger charge is 2.15. The van der Waals surface area contributed by atoms with E-state index in [9.17, 15) is 13.9 Å². The van der Waals surface area contributed by atoms with Crippen LogP contribution in [0.1, 0.15) is 29.7 Å². The third-order valence-electron chi connectivity index (χ3n) is 2.99. The van der Waals surface area contributed by atoms with Gasteiger partial charge in [0, 0.05) is 0 Å². The molecule has 0 radical (unpaired) electrons. The molecule has 0 fully saturated rings. The van der Waals surface area contributed by atoms with Crippen LogP contribution in [0.3, 0.4) is 0 Å². The summed E-state index contributed by atoms with van der Waals surface area (Å²) in [7, 11) is 0. The van der Waals surface area contributed by atoms with Crippen molar-refractivity contribution in [1.29, 1.82) is 0 Å². The van der Waals surface area contributed by atoms with Gasteiger partial charge in [-0.15, -0.1) is 0 Å². The Balaban J connectivity index is 2.41. The fraction of sp³-hybridized carbons (Fsp3) is 0.200. The largest absolute Gasteiger partial charge is 0.384 e. The second-order valence-electron chi connectivity index (χ2n) is 4.13. The first-order chi connectivity index (χ1) is 8.63. The molecule has 2 rings (SSSR count). The van der Waals surface area contributed by atoms with Gasteiger partial charge in [-0.3, -0.25) is 0 Å². The number of halogens is 2. The Morgan fingerprint density at radius 2 is 1.78 bits per heavy atom. The number of hydrogen-bond acceptors (Lipinski definition) is 1. The van der Waals surface area contributed by atoms with Crippen molar-refractivity contribution in [3.05, 3.63) is 70.8 Å². The molecule has 18 heavy (non-hydrogen) atoms. The summed E-state index contributed by atoms with van der Waals surface area (Å²) in [5.41, 5.74) is 2.08. The summed E-state index contributed by atoms with van der Waals surface area (Å²) in [5, 5.41) is 10.2. The number of hydrogen-bond donors (Lipinski definition) is 1. The Hall–Kier alpha value is -1.74. The second kappa shape index (κ2) is 5.27. The van der Waals surface area contributed by atoms with Crippen LogP contribution < -0.4 is 0 Å². The third-order valence-corrected chi connectivity index (χ3v) is 2.99. The zero-order valence-electron chi connectivity index (χ0n) is 10.0. The molecule has 0 saturated heterocycles. The molecule has 3 heteroatoms. The maximum Gasteiger partial charge on any atom is 0.159 e. The monoisotopic (exact) mass is 248 g/mol. The average molecular weight is 248 g/mol. The summed E-state index contributed by atoms with van der Waals surface area (Å²) in [6.07, 6.45) is -0.159. The molecule has 2 aromatic rings. The molecule has 0 bridgehead atoms. The average Bonchev–Trinajstić information content (AvgIpc) is 2.41. The van der Waals surface area contributed by atoms with Gasteiger partial charge >= 0.3 is 0 Å². The molecule has 0 aromatic heterocycles. The SMILES string of the molecule is CCc1ccccc1C(O)c1ccc(F)c(F)c1. The number of aliphatic hydroxyl groups is 1. The maximum absolute atomic E-state index is 13.2. The van der Waals surface area contributed by atoms with Crippen LogP contribution in [0, 0.1) is 11.6 Å². The second-order valence-corrected chi connectivity index (χ2v) is 4.13. The molecule has 0 aliphatic carbocycles. The zero-order valence-corrected chi connectivity index (χ0v) is 10.0. The van der Waals surface area contributed by atoms with Crippen LogP contribution in [0.25, 0.3) is 0 Å². The van der Waals surface area contributed by atoms with Gasteiger partial charge in [-0.1, -0.05) is 37.3 Å². The van der Waals surface area contributed by atoms with Crippen molar-refractivity contribution in [1.82, 2.24) is 0 Å². The van der Waals surface area contributed by atoms with E-state index in [1.807, 2.05) is 25.1 Å². The molecule has 0 spiro atoms. The number of rotatable bonds is 3. The minimum absolute atomic E-state index is 0.356. The van der Waals surface area contributed by atoms with Crippen LogP contribution in [0.15, 0.2) is 42.5 Å². The lowest BCUT2D eigenvalue weighted by Gasteiger charge is -2.15. The van der Waals surface area contributed by atoms with Gasteiger partial charge in [-0.25, -0.2) is 8.78 Å². The van der Waals surface area contributed by atoms with E-state index in [1.54, 1.807) is 6.07 Å². The minimum Gasteiger partial charge on any atom is -0.384 e. The van der Waals surface area contributed by atoms with Crippen molar-refractivity contribution in [2.24, 2.45) is 0 Å². The molecular weight excluding hydrogens is 234 g/mol. The fourth-order valence-electron chi connectivity index (χ4n) is 1.98. The van der Waals surface area contributed by atoms with E-state index >= 15 is 0 Å². The highest BCUT2D eigenvalue weighted by molar-refractivity contribution is 5.36. The van der Waals surface area contributed by atoms with Gasteiger partial charge in [0.1, 0.15) is 6.10 Å². The van der Waals surface area contributed by atoms with Crippen molar-refractivity contribution in [3.8, 4) is 0 Å². The van der Waals surface area contributed by atoms with Crippen LogP contribution >= 0.6 is 0 Å². The zero-order chi connectivity index (χ0) is 13.1. The van der Waals surface area contributed by atoms with E-state index in [-0.39, 0.29) is 0 Å². The van der Waals surface area contributed by atoms with Crippen LogP contribution in [0.4, 0.5) is 8.78 Å². The summed E-state index contributed by atoms with van der Waals surface area (Å²) >= 11 is 0. The Kier molecular flexibility index (Phi) is 3.72. The van der Waals surface area contributed by atoms with Crippen molar-refractivity contribution >= 4 is 0 Å². The highest BCUT2D eigenvalue weighted by atomic mass is 19.2. The Bertz CT molecular complexity index is 552. The smallest absolute Gasteiger partial charge is 0.159 e. The molecule has 0 heterocycles. The molecule has 0 aliphatic rings. The van der Waals surface area contributed by atoms with Crippen molar-refractivity contribution < 1.29 is 13.9 Å². The first-order valence-corrected chi connectivity index (χ1v) is 5.84. The van der Waals surface area contributed by atoms with E-state index in [0.717, 1.165) is 29.7 Å². The molecule has 1 N–H and O–H groups in total. The summed E-state index contributed by atoms with van der Waals surface area (Å²) in [5.74, 6) is -1.85. The summed E-state index contributed by atoms with van der Waals surface area (Å²) in [6.45, 7) is 1.98. The van der Waals surface area contributed by atoms with Gasteiger partial charge in [-0.2, -0.15) is 0 Å². The predicted octanol–water partition coefficient (Wildman–Crippen LogP) is 3.61. The van der Waals surface area contributed by atoms with Gasteiger partial charge in [0.2, 0.25) is 0 Å². The normalized spacial score (nSPS) is 12.4. The van der Waals surface area contributed by atoms with Crippen molar-refractivity contribution in [3.63, 3.8) is 0 Å². The Morgan fingerprint density at radius 3 is 2.44 bits per heavy atom. The lowest BCUT2D eigenvalue weighted by molar-refractivity contribution is 0.218. The van der Waals surface area contributed by atoms with E-state index < -0.39 is 17.7 Å². The first kappa shape index (κ1) is 12.7. The molecule has 94 valence electrons. The lowest BCUT2D eigenvalue weighted by atomic mass is 9.95. The maximum atomic E-state index is 13.2. The van der Waals surface area contributed by atoms with Crippen LogP contribution in [-0.2, 0) is 6.42 Å². The molecule has 1 atom stereocenters. The van der Waals surface area contributed by atoms with Crippen molar-refractivity contribution in [2.45, 2.75) is 19.4 Å². The number of aliphatic hydroxyl groups excluding tert-OH is 1. The quantitative estimate of drug-likeness (QED) is 0.879. The molecule has 1 nitrogen and oxygen atoms in total. The van der Waals surface area contributed by atoms with E-state index in [2.05, 4.69) is 0 Å². The number of benzene rings is 2. The molecule has 1 unspecified atom stereocenters. The van der Waals surface area contributed by atoms with Gasteiger partial charge in [0.05, 0.1) is 0 Å². The van der Waals surface area contributed by atoms with Crippen molar-refractivity contribution in [2.75, 3.05) is 0 Å². The number of aryl methyl sites for hydroxylation is 1. The van der Waals surface area contributed by atoms with Gasteiger partial charge in [-0.05, 0) is 35.2 Å². The van der Waals surface area contributed by atoms with Gasteiger partial charge < -0.3 is 5.11 Å². The highest BCUT2D eigenvalue weighted by Crippen LogP contribution is 2.26. The molecule has 2 aromatic carbocycles. The van der Waals surface area contributed by atoms with E-state index in [0.29, 0.717) is 5.56 Å². The summed E-state index contributed by atoms with van der Waals surface area (Å²) < 4.78 is 26.0. The third kappa shape index (κ3) is 2.41. The first-order valence-electron chi connectivity index (χ1n) is 5.84. The Morgan fingerprint density at radius 1 is 1.06 bits per heavy atom. The topological polar surface area (TPSA) is 20.2 Å². The van der Waals surface area contributed by atoms with Gasteiger partial charge in [0.15, 0.2) is 11.6 Å². The lowest BCUT2D eigenvalue weighted by Crippen LogP contribution is -2.04. The molecule has 0 amide bonds. The predicted molar refractivity (Wildman–Crippen MR) is 66.2 cm³/mol. The Labute approximate surface area is 105 Å². The van der Waals surface area contributed by atoms with E-state index in [4.69, 9.17) is 0 Å².